The summed E-state index contributed by atoms with van der Waals surface area (Å²) >= 11 is 0. The number of hydrogen-bond donors (Lipinski definition) is 1. The Bertz CT molecular complexity index is 249. The Morgan fingerprint density at radius 1 is 1.23 bits per heavy atom. The van der Waals surface area contributed by atoms with Crippen LogP contribution in [0.3, 0.4) is 0 Å². The summed E-state index contributed by atoms with van der Waals surface area (Å²) in [5, 5.41) is 3.51. The zero-order chi connectivity index (χ0) is 9.90. The molecule has 72 valence electrons. The molecule has 0 saturated carbocycles. The number of rotatable bonds is 2. The van der Waals surface area contributed by atoms with Gasteiger partial charge in [-0.2, -0.15) is 0 Å². The number of hydrogen-bond acceptors (Lipinski definition) is 2. The summed E-state index contributed by atoms with van der Waals surface area (Å²) in [6.45, 7) is 8.68. The number of nitrogens with one attached hydrogen (secondary N) is 1. The van der Waals surface area contributed by atoms with Crippen molar-refractivity contribution in [2.45, 2.75) is 39.3 Å². The number of pyridine rings is 1. The molecule has 13 heavy (non-hydrogen) atoms. The van der Waals surface area contributed by atoms with Gasteiger partial charge in [-0.3, -0.25) is 4.98 Å². The van der Waals surface area contributed by atoms with Gasteiger partial charge in [0.25, 0.3) is 0 Å². The molecule has 1 rings (SSSR count). The van der Waals surface area contributed by atoms with Gasteiger partial charge in [-0.05, 0) is 45.4 Å². The Labute approximate surface area is 80.4 Å². The molecule has 0 aliphatic carbocycles. The number of nitrogens with zero attached hydrogens (tertiary/aromatic N) is 1. The van der Waals surface area contributed by atoms with Gasteiger partial charge in [0.15, 0.2) is 0 Å². The van der Waals surface area contributed by atoms with Crippen molar-refractivity contribution < 1.29 is 0 Å². The van der Waals surface area contributed by atoms with Crippen molar-refractivity contribution in [3.05, 3.63) is 30.1 Å². The molecule has 0 amide bonds. The van der Waals surface area contributed by atoms with E-state index in [0.717, 1.165) is 0 Å². The smallest absolute Gasteiger partial charge is 0.0297 e. The molecule has 1 atom stereocenters. The molecule has 1 aromatic heterocycles. The molecule has 0 aliphatic heterocycles. The highest BCUT2D eigenvalue weighted by atomic mass is 15.0. The fourth-order valence-corrected chi connectivity index (χ4v) is 1.38. The lowest BCUT2D eigenvalue weighted by atomic mass is 10.0. The SMILES string of the molecule is CC(NC(C)(C)C)c1ccncc1. The predicted octanol–water partition coefficient (Wildman–Crippen LogP) is 2.53. The normalized spacial score (nSPS) is 14.2. The first kappa shape index (κ1) is 10.2. The minimum Gasteiger partial charge on any atom is -0.306 e. The minimum atomic E-state index is 0.155. The van der Waals surface area contributed by atoms with Crippen LogP contribution in [0.25, 0.3) is 0 Å². The second-order valence-corrected chi connectivity index (χ2v) is 4.40. The van der Waals surface area contributed by atoms with Crippen molar-refractivity contribution in [2.75, 3.05) is 0 Å². The zero-order valence-corrected chi connectivity index (χ0v) is 8.83. The van der Waals surface area contributed by atoms with Gasteiger partial charge in [-0.15, -0.1) is 0 Å². The van der Waals surface area contributed by atoms with Crippen LogP contribution in [0.15, 0.2) is 24.5 Å². The first-order valence-electron chi connectivity index (χ1n) is 4.67. The lowest BCUT2D eigenvalue weighted by Crippen LogP contribution is -2.37. The first-order valence-corrected chi connectivity index (χ1v) is 4.67. The van der Waals surface area contributed by atoms with Crippen LogP contribution in [0, 0.1) is 0 Å². The van der Waals surface area contributed by atoms with E-state index in [9.17, 15) is 0 Å². The van der Waals surface area contributed by atoms with E-state index in [2.05, 4.69) is 38.0 Å². The van der Waals surface area contributed by atoms with E-state index in [1.165, 1.54) is 5.56 Å². The van der Waals surface area contributed by atoms with Crippen molar-refractivity contribution in [2.24, 2.45) is 0 Å². The maximum absolute atomic E-state index is 4.00. The van der Waals surface area contributed by atoms with Crippen LogP contribution in [0.5, 0.6) is 0 Å². The highest BCUT2D eigenvalue weighted by Crippen LogP contribution is 2.14. The van der Waals surface area contributed by atoms with Gasteiger partial charge in [0, 0.05) is 24.0 Å². The topological polar surface area (TPSA) is 24.9 Å². The van der Waals surface area contributed by atoms with Crippen LogP contribution in [-0.2, 0) is 0 Å². The highest BCUT2D eigenvalue weighted by Gasteiger charge is 2.14. The van der Waals surface area contributed by atoms with Crippen LogP contribution in [0.2, 0.25) is 0 Å². The fraction of sp³-hybridized carbons (Fsp3) is 0.545. The average molecular weight is 178 g/mol. The standard InChI is InChI=1S/C11H18N2/c1-9(13-11(2,3)4)10-5-7-12-8-6-10/h5-9,13H,1-4H3. The number of aromatic nitrogens is 1. The molecule has 1 aromatic rings. The molecule has 0 aromatic carbocycles. The van der Waals surface area contributed by atoms with Crippen molar-refractivity contribution in [1.29, 1.82) is 0 Å². The fourth-order valence-electron chi connectivity index (χ4n) is 1.38. The third kappa shape index (κ3) is 3.55. The molecule has 2 nitrogen and oxygen atoms in total. The molecule has 0 saturated heterocycles. The highest BCUT2D eigenvalue weighted by molar-refractivity contribution is 5.14. The zero-order valence-electron chi connectivity index (χ0n) is 8.83. The minimum absolute atomic E-state index is 0.155. The Kier molecular flexibility index (Phi) is 3.04. The second-order valence-electron chi connectivity index (χ2n) is 4.40. The van der Waals surface area contributed by atoms with Gasteiger partial charge in [0.05, 0.1) is 0 Å². The lowest BCUT2D eigenvalue weighted by molar-refractivity contribution is 0.378. The van der Waals surface area contributed by atoms with Gasteiger partial charge in [0.1, 0.15) is 0 Å². The monoisotopic (exact) mass is 178 g/mol. The molecular formula is C11H18N2. The maximum Gasteiger partial charge on any atom is 0.0297 e. The van der Waals surface area contributed by atoms with Crippen molar-refractivity contribution in [3.63, 3.8) is 0 Å². The van der Waals surface area contributed by atoms with Crippen molar-refractivity contribution >= 4 is 0 Å². The Hall–Kier alpha value is -0.890. The van der Waals surface area contributed by atoms with Crippen LogP contribution < -0.4 is 5.32 Å². The molecule has 0 aliphatic rings. The van der Waals surface area contributed by atoms with E-state index >= 15 is 0 Å². The molecule has 1 N–H and O–H groups in total. The molecular weight excluding hydrogens is 160 g/mol. The molecule has 1 unspecified atom stereocenters. The molecule has 0 bridgehead atoms. The van der Waals surface area contributed by atoms with E-state index in [1.807, 2.05) is 24.5 Å². The van der Waals surface area contributed by atoms with E-state index in [0.29, 0.717) is 6.04 Å². The van der Waals surface area contributed by atoms with Gasteiger partial charge in [0.2, 0.25) is 0 Å². The summed E-state index contributed by atoms with van der Waals surface area (Å²) < 4.78 is 0. The van der Waals surface area contributed by atoms with Gasteiger partial charge in [-0.1, -0.05) is 0 Å². The molecule has 0 radical (unpaired) electrons. The Morgan fingerprint density at radius 3 is 2.23 bits per heavy atom. The average Bonchev–Trinajstić information content (AvgIpc) is 2.03. The third-order valence-corrected chi connectivity index (χ3v) is 1.86. The molecule has 1 heterocycles. The first-order chi connectivity index (χ1) is 5.99. The summed E-state index contributed by atoms with van der Waals surface area (Å²) in [4.78, 5) is 4.00. The second kappa shape index (κ2) is 3.88. The van der Waals surface area contributed by atoms with Crippen molar-refractivity contribution in [1.82, 2.24) is 10.3 Å². The van der Waals surface area contributed by atoms with Crippen LogP contribution >= 0.6 is 0 Å². The van der Waals surface area contributed by atoms with Crippen LogP contribution in [-0.4, -0.2) is 10.5 Å². The largest absolute Gasteiger partial charge is 0.306 e. The maximum atomic E-state index is 4.00. The third-order valence-electron chi connectivity index (χ3n) is 1.86. The van der Waals surface area contributed by atoms with E-state index < -0.39 is 0 Å². The summed E-state index contributed by atoms with van der Waals surface area (Å²) in [6.07, 6.45) is 3.66. The summed E-state index contributed by atoms with van der Waals surface area (Å²) in [7, 11) is 0. The quantitative estimate of drug-likeness (QED) is 0.752. The summed E-state index contributed by atoms with van der Waals surface area (Å²) in [5.41, 5.74) is 1.44. The lowest BCUT2D eigenvalue weighted by Gasteiger charge is -2.26. The molecule has 2 heteroatoms. The van der Waals surface area contributed by atoms with E-state index in [-0.39, 0.29) is 5.54 Å². The van der Waals surface area contributed by atoms with E-state index in [4.69, 9.17) is 0 Å². The van der Waals surface area contributed by atoms with Gasteiger partial charge < -0.3 is 5.32 Å². The predicted molar refractivity (Wildman–Crippen MR) is 55.5 cm³/mol. The Morgan fingerprint density at radius 2 is 1.77 bits per heavy atom. The molecule has 0 spiro atoms. The van der Waals surface area contributed by atoms with Crippen molar-refractivity contribution in [3.8, 4) is 0 Å². The van der Waals surface area contributed by atoms with Gasteiger partial charge >= 0.3 is 0 Å². The summed E-state index contributed by atoms with van der Waals surface area (Å²) in [6, 6.07) is 4.47. The van der Waals surface area contributed by atoms with Crippen LogP contribution in [0.1, 0.15) is 39.3 Å². The molecule has 0 fully saturated rings. The van der Waals surface area contributed by atoms with Crippen LogP contribution in [0.4, 0.5) is 0 Å². The van der Waals surface area contributed by atoms with E-state index in [1.54, 1.807) is 0 Å². The Balaban J connectivity index is 2.64. The summed E-state index contributed by atoms with van der Waals surface area (Å²) in [5.74, 6) is 0. The van der Waals surface area contributed by atoms with Gasteiger partial charge in [-0.25, -0.2) is 0 Å².